The summed E-state index contributed by atoms with van der Waals surface area (Å²) in [6.45, 7) is 1.90. The normalized spacial score (nSPS) is 21.6. The first-order valence-electron chi connectivity index (χ1n) is 8.55. The van der Waals surface area contributed by atoms with Crippen LogP contribution in [-0.2, 0) is 20.9 Å². The summed E-state index contributed by atoms with van der Waals surface area (Å²) in [5, 5.41) is 0.624. The molecule has 3 rings (SSSR count). The van der Waals surface area contributed by atoms with E-state index >= 15 is 0 Å². The zero-order valence-corrected chi connectivity index (χ0v) is 14.7. The van der Waals surface area contributed by atoms with Crippen molar-refractivity contribution in [2.24, 2.45) is 17.6 Å². The number of carbonyl (C=O) groups excluding carboxylic acids is 3. The molecule has 0 aliphatic carbocycles. The van der Waals surface area contributed by atoms with Crippen LogP contribution in [0.3, 0.4) is 0 Å². The number of nitrogens with zero attached hydrogens (tertiary/aromatic N) is 2. The summed E-state index contributed by atoms with van der Waals surface area (Å²) in [4.78, 5) is 39.7. The molecule has 0 bridgehead atoms. The number of carbonyl (C=O) groups is 3. The second kappa shape index (κ2) is 7.44. The largest absolute Gasteiger partial charge is 0.369 e. The second-order valence-corrected chi connectivity index (χ2v) is 7.18. The first-order chi connectivity index (χ1) is 12.0. The molecule has 2 aliphatic heterocycles. The lowest BCUT2D eigenvalue weighted by molar-refractivity contribution is -0.138. The van der Waals surface area contributed by atoms with Crippen molar-refractivity contribution < 1.29 is 14.4 Å². The summed E-state index contributed by atoms with van der Waals surface area (Å²) in [6.07, 6.45) is 1.44. The molecule has 25 heavy (non-hydrogen) atoms. The molecule has 2 heterocycles. The Morgan fingerprint density at radius 1 is 1.16 bits per heavy atom. The molecule has 134 valence electrons. The average Bonchev–Trinajstić information content (AvgIpc) is 2.97. The van der Waals surface area contributed by atoms with E-state index < -0.39 is 0 Å². The minimum Gasteiger partial charge on any atom is -0.369 e. The summed E-state index contributed by atoms with van der Waals surface area (Å²) in [5.41, 5.74) is 6.21. The predicted molar refractivity (Wildman–Crippen MR) is 93.5 cm³/mol. The van der Waals surface area contributed by atoms with E-state index in [2.05, 4.69) is 0 Å². The van der Waals surface area contributed by atoms with Crippen LogP contribution in [0, 0.1) is 11.8 Å². The van der Waals surface area contributed by atoms with Gasteiger partial charge in [0.15, 0.2) is 0 Å². The van der Waals surface area contributed by atoms with Crippen LogP contribution in [0.5, 0.6) is 0 Å². The van der Waals surface area contributed by atoms with Crippen LogP contribution in [0.2, 0.25) is 5.02 Å². The molecule has 1 aromatic carbocycles. The van der Waals surface area contributed by atoms with Crippen molar-refractivity contribution in [3.05, 3.63) is 34.9 Å². The highest BCUT2D eigenvalue weighted by molar-refractivity contribution is 6.31. The van der Waals surface area contributed by atoms with Gasteiger partial charge in [-0.1, -0.05) is 29.8 Å². The van der Waals surface area contributed by atoms with Crippen molar-refractivity contribution in [2.75, 3.05) is 19.6 Å². The maximum Gasteiger partial charge on any atom is 0.227 e. The fourth-order valence-electron chi connectivity index (χ4n) is 3.57. The maximum absolute atomic E-state index is 12.7. The molecule has 2 aliphatic rings. The Labute approximate surface area is 151 Å². The lowest BCUT2D eigenvalue weighted by Crippen LogP contribution is -2.44. The number of nitrogens with two attached hydrogens (primary N) is 1. The lowest BCUT2D eigenvalue weighted by atomic mass is 9.95. The van der Waals surface area contributed by atoms with Crippen LogP contribution < -0.4 is 5.73 Å². The average molecular weight is 364 g/mol. The second-order valence-electron chi connectivity index (χ2n) is 6.77. The van der Waals surface area contributed by atoms with Gasteiger partial charge in [-0.2, -0.15) is 0 Å². The summed E-state index contributed by atoms with van der Waals surface area (Å²) in [5.74, 6) is -0.789. The molecule has 0 saturated carbocycles. The zero-order chi connectivity index (χ0) is 18.0. The number of rotatable bonds is 4. The molecule has 2 saturated heterocycles. The smallest absolute Gasteiger partial charge is 0.227 e. The number of benzene rings is 1. The van der Waals surface area contributed by atoms with E-state index in [1.54, 1.807) is 15.9 Å². The van der Waals surface area contributed by atoms with Gasteiger partial charge in [0.25, 0.3) is 0 Å². The van der Waals surface area contributed by atoms with Gasteiger partial charge < -0.3 is 15.5 Å². The van der Waals surface area contributed by atoms with Crippen molar-refractivity contribution in [2.45, 2.75) is 25.8 Å². The van der Waals surface area contributed by atoms with Gasteiger partial charge in [0.05, 0.1) is 5.92 Å². The third kappa shape index (κ3) is 3.95. The number of primary amides is 1. The van der Waals surface area contributed by atoms with E-state index in [1.807, 2.05) is 18.2 Å². The molecule has 1 atom stereocenters. The molecule has 2 N–H and O–H groups in total. The third-order valence-electron chi connectivity index (χ3n) is 5.09. The fourth-order valence-corrected chi connectivity index (χ4v) is 3.76. The highest BCUT2D eigenvalue weighted by Gasteiger charge is 2.37. The minimum absolute atomic E-state index is 0.00192. The summed E-state index contributed by atoms with van der Waals surface area (Å²) < 4.78 is 0. The Bertz CT molecular complexity index is 686. The minimum atomic E-state index is -0.319. The molecular formula is C18H22ClN3O3. The SMILES string of the molecule is NC(=O)C1CCN(C(=O)C2CC(=O)N(Cc3ccccc3Cl)C2)CC1. The van der Waals surface area contributed by atoms with Gasteiger partial charge in [-0.25, -0.2) is 0 Å². The van der Waals surface area contributed by atoms with Crippen LogP contribution in [0.1, 0.15) is 24.8 Å². The van der Waals surface area contributed by atoms with E-state index in [0.717, 1.165) is 5.56 Å². The van der Waals surface area contributed by atoms with Crippen molar-refractivity contribution in [3.63, 3.8) is 0 Å². The van der Waals surface area contributed by atoms with Gasteiger partial charge >= 0.3 is 0 Å². The van der Waals surface area contributed by atoms with Gasteiger partial charge in [0, 0.05) is 43.5 Å². The monoisotopic (exact) mass is 363 g/mol. The van der Waals surface area contributed by atoms with Crippen LogP contribution in [-0.4, -0.2) is 47.2 Å². The Morgan fingerprint density at radius 3 is 2.48 bits per heavy atom. The van der Waals surface area contributed by atoms with Gasteiger partial charge in [0.2, 0.25) is 17.7 Å². The van der Waals surface area contributed by atoms with Crippen molar-refractivity contribution in [1.29, 1.82) is 0 Å². The van der Waals surface area contributed by atoms with Crippen LogP contribution >= 0.6 is 11.6 Å². The highest BCUT2D eigenvalue weighted by Crippen LogP contribution is 2.26. The molecule has 2 fully saturated rings. The number of amides is 3. The van der Waals surface area contributed by atoms with Gasteiger partial charge in [-0.15, -0.1) is 0 Å². The molecule has 0 radical (unpaired) electrons. The van der Waals surface area contributed by atoms with E-state index in [-0.39, 0.29) is 36.0 Å². The molecule has 1 unspecified atom stereocenters. The molecular weight excluding hydrogens is 342 g/mol. The topological polar surface area (TPSA) is 83.7 Å². The summed E-state index contributed by atoms with van der Waals surface area (Å²) in [6, 6.07) is 7.41. The van der Waals surface area contributed by atoms with E-state index in [1.165, 1.54) is 0 Å². The first-order valence-corrected chi connectivity index (χ1v) is 8.92. The zero-order valence-electron chi connectivity index (χ0n) is 14.0. The van der Waals surface area contributed by atoms with E-state index in [4.69, 9.17) is 17.3 Å². The van der Waals surface area contributed by atoms with Gasteiger partial charge in [-0.05, 0) is 24.5 Å². The van der Waals surface area contributed by atoms with Crippen molar-refractivity contribution >= 4 is 29.3 Å². The molecule has 6 nitrogen and oxygen atoms in total. The Balaban J connectivity index is 1.58. The van der Waals surface area contributed by atoms with Gasteiger partial charge in [-0.3, -0.25) is 14.4 Å². The van der Waals surface area contributed by atoms with Crippen molar-refractivity contribution in [3.8, 4) is 0 Å². The number of halogens is 1. The lowest BCUT2D eigenvalue weighted by Gasteiger charge is -2.32. The van der Waals surface area contributed by atoms with E-state index in [0.29, 0.717) is 44.0 Å². The summed E-state index contributed by atoms with van der Waals surface area (Å²) in [7, 11) is 0. The number of hydrogen-bond acceptors (Lipinski definition) is 3. The number of piperidine rings is 1. The van der Waals surface area contributed by atoms with Crippen LogP contribution in [0.25, 0.3) is 0 Å². The fraction of sp³-hybridized carbons (Fsp3) is 0.500. The van der Waals surface area contributed by atoms with Crippen LogP contribution in [0.15, 0.2) is 24.3 Å². The Hall–Kier alpha value is -2.08. The number of hydrogen-bond donors (Lipinski definition) is 1. The molecule has 1 aromatic rings. The number of likely N-dealkylation sites (tertiary alicyclic amines) is 2. The Kier molecular flexibility index (Phi) is 5.27. The van der Waals surface area contributed by atoms with E-state index in [9.17, 15) is 14.4 Å². The van der Waals surface area contributed by atoms with Crippen LogP contribution in [0.4, 0.5) is 0 Å². The maximum atomic E-state index is 12.7. The third-order valence-corrected chi connectivity index (χ3v) is 5.46. The predicted octanol–water partition coefficient (Wildman–Crippen LogP) is 1.41. The van der Waals surface area contributed by atoms with Crippen molar-refractivity contribution in [1.82, 2.24) is 9.80 Å². The Morgan fingerprint density at radius 2 is 1.84 bits per heavy atom. The quantitative estimate of drug-likeness (QED) is 0.877. The first kappa shape index (κ1) is 17.7. The highest BCUT2D eigenvalue weighted by atomic mass is 35.5. The molecule has 7 heteroatoms. The molecule has 0 aromatic heterocycles. The van der Waals surface area contributed by atoms with Gasteiger partial charge in [0.1, 0.15) is 0 Å². The molecule has 0 spiro atoms. The summed E-state index contributed by atoms with van der Waals surface area (Å²) >= 11 is 6.16. The molecule has 3 amide bonds. The standard InChI is InChI=1S/C18H22ClN3O3/c19-15-4-2-1-3-13(15)10-22-11-14(9-16(22)23)18(25)21-7-5-12(6-8-21)17(20)24/h1-4,12,14H,5-11H2,(H2,20,24).